The van der Waals surface area contributed by atoms with Crippen molar-refractivity contribution >= 4 is 10.0 Å². The van der Waals surface area contributed by atoms with Crippen LogP contribution in [0, 0.1) is 5.92 Å². The molecule has 2 N–H and O–H groups in total. The van der Waals surface area contributed by atoms with Gasteiger partial charge in [-0.15, -0.1) is 0 Å². The molecule has 7 heteroatoms. The zero-order valence-corrected chi connectivity index (χ0v) is 13.0. The Morgan fingerprint density at radius 1 is 1.24 bits per heavy atom. The summed E-state index contributed by atoms with van der Waals surface area (Å²) in [4.78, 5) is 0.106. The fourth-order valence-corrected chi connectivity index (χ4v) is 3.46. The minimum atomic E-state index is -3.70. The van der Waals surface area contributed by atoms with Crippen LogP contribution in [0.3, 0.4) is 0 Å². The quantitative estimate of drug-likeness (QED) is 0.822. The van der Waals surface area contributed by atoms with Gasteiger partial charge < -0.3 is 14.6 Å². The molecular weight excluding hydrogens is 294 g/mol. The van der Waals surface area contributed by atoms with Crippen molar-refractivity contribution in [1.29, 1.82) is 0 Å². The number of ether oxygens (including phenoxy) is 2. The Hall–Kier alpha value is -1.31. The van der Waals surface area contributed by atoms with E-state index in [1.165, 1.54) is 12.1 Å². The molecule has 118 valence electrons. The van der Waals surface area contributed by atoms with Crippen molar-refractivity contribution in [3.8, 4) is 11.5 Å². The molecule has 1 aliphatic heterocycles. The molecule has 0 aliphatic carbocycles. The molecule has 1 unspecified atom stereocenters. The van der Waals surface area contributed by atoms with E-state index in [1.54, 1.807) is 6.07 Å². The molecule has 2 rings (SSSR count). The lowest BCUT2D eigenvalue weighted by molar-refractivity contribution is 0.171. The largest absolute Gasteiger partial charge is 0.486 e. The molecule has 0 saturated heterocycles. The van der Waals surface area contributed by atoms with E-state index in [4.69, 9.17) is 9.47 Å². The van der Waals surface area contributed by atoms with E-state index in [-0.39, 0.29) is 17.4 Å². The third kappa shape index (κ3) is 4.09. The monoisotopic (exact) mass is 315 g/mol. The predicted octanol–water partition coefficient (Wildman–Crippen LogP) is 1.14. The first-order valence-electron chi connectivity index (χ1n) is 6.95. The number of hydrogen-bond donors (Lipinski definition) is 2. The van der Waals surface area contributed by atoms with Gasteiger partial charge in [-0.25, -0.2) is 13.1 Å². The molecule has 1 aromatic rings. The Kier molecular flexibility index (Phi) is 5.08. The van der Waals surface area contributed by atoms with Gasteiger partial charge in [0.25, 0.3) is 0 Å². The molecule has 0 aromatic heterocycles. The molecule has 0 spiro atoms. The first-order valence-corrected chi connectivity index (χ1v) is 8.43. The van der Waals surface area contributed by atoms with Crippen molar-refractivity contribution in [2.45, 2.75) is 31.2 Å². The van der Waals surface area contributed by atoms with Crippen molar-refractivity contribution in [3.05, 3.63) is 18.2 Å². The standard InChI is InChI=1S/C14H21NO5S/c1-10(2)7-11(9-16)15-21(17,18)12-3-4-13-14(8-12)20-6-5-19-13/h3-4,8,10-11,15-16H,5-7,9H2,1-2H3. The summed E-state index contributed by atoms with van der Waals surface area (Å²) >= 11 is 0. The van der Waals surface area contributed by atoms with Crippen molar-refractivity contribution in [3.63, 3.8) is 0 Å². The van der Waals surface area contributed by atoms with Crippen LogP contribution in [0.4, 0.5) is 0 Å². The molecule has 6 nitrogen and oxygen atoms in total. The smallest absolute Gasteiger partial charge is 0.241 e. The van der Waals surface area contributed by atoms with Gasteiger partial charge in [-0.3, -0.25) is 0 Å². The highest BCUT2D eigenvalue weighted by Gasteiger charge is 2.23. The summed E-state index contributed by atoms with van der Waals surface area (Å²) in [5.41, 5.74) is 0. The van der Waals surface area contributed by atoms with E-state index in [9.17, 15) is 13.5 Å². The normalized spacial score (nSPS) is 16.0. The number of nitrogens with one attached hydrogen (secondary N) is 1. The van der Waals surface area contributed by atoms with Gasteiger partial charge in [-0.05, 0) is 24.5 Å². The number of aliphatic hydroxyl groups is 1. The van der Waals surface area contributed by atoms with Gasteiger partial charge >= 0.3 is 0 Å². The highest BCUT2D eigenvalue weighted by atomic mass is 32.2. The van der Waals surface area contributed by atoms with Gasteiger partial charge in [0.15, 0.2) is 11.5 Å². The number of rotatable bonds is 6. The van der Waals surface area contributed by atoms with Gasteiger partial charge in [-0.1, -0.05) is 13.8 Å². The van der Waals surface area contributed by atoms with Crippen LogP contribution in [-0.4, -0.2) is 39.4 Å². The maximum Gasteiger partial charge on any atom is 0.241 e. The Bertz CT molecular complexity index is 585. The highest BCUT2D eigenvalue weighted by molar-refractivity contribution is 7.89. The maximum atomic E-state index is 12.4. The SMILES string of the molecule is CC(C)CC(CO)NS(=O)(=O)c1ccc2c(c1)OCCO2. The third-order valence-corrected chi connectivity index (χ3v) is 4.64. The van der Waals surface area contributed by atoms with E-state index in [1.807, 2.05) is 13.8 Å². The van der Waals surface area contributed by atoms with E-state index in [2.05, 4.69) is 4.72 Å². The summed E-state index contributed by atoms with van der Waals surface area (Å²) in [5.74, 6) is 1.25. The molecule has 0 bridgehead atoms. The molecule has 0 amide bonds. The van der Waals surface area contributed by atoms with Crippen LogP contribution >= 0.6 is 0 Å². The van der Waals surface area contributed by atoms with E-state index in [0.29, 0.717) is 31.1 Å². The summed E-state index contributed by atoms with van der Waals surface area (Å²) in [7, 11) is -3.70. The number of sulfonamides is 1. The molecule has 0 saturated carbocycles. The lowest BCUT2D eigenvalue weighted by Gasteiger charge is -2.21. The van der Waals surface area contributed by atoms with E-state index >= 15 is 0 Å². The highest BCUT2D eigenvalue weighted by Crippen LogP contribution is 2.32. The van der Waals surface area contributed by atoms with Crippen molar-refractivity contribution in [2.75, 3.05) is 19.8 Å². The van der Waals surface area contributed by atoms with Gasteiger partial charge in [0.05, 0.1) is 11.5 Å². The Balaban J connectivity index is 2.19. The topological polar surface area (TPSA) is 84.9 Å². The van der Waals surface area contributed by atoms with Crippen molar-refractivity contribution in [1.82, 2.24) is 4.72 Å². The van der Waals surface area contributed by atoms with Gasteiger partial charge in [0.2, 0.25) is 10.0 Å². The molecule has 1 heterocycles. The van der Waals surface area contributed by atoms with Crippen LogP contribution in [0.5, 0.6) is 11.5 Å². The van der Waals surface area contributed by atoms with E-state index < -0.39 is 16.1 Å². The molecule has 1 aromatic carbocycles. The first-order chi connectivity index (χ1) is 9.92. The van der Waals surface area contributed by atoms with Crippen molar-refractivity contribution in [2.24, 2.45) is 5.92 Å². The average molecular weight is 315 g/mol. The van der Waals surface area contributed by atoms with Crippen LogP contribution in [0.1, 0.15) is 20.3 Å². The van der Waals surface area contributed by atoms with Crippen molar-refractivity contribution < 1.29 is 23.0 Å². The van der Waals surface area contributed by atoms with E-state index in [0.717, 1.165) is 0 Å². The van der Waals surface area contributed by atoms with Crippen LogP contribution in [0.2, 0.25) is 0 Å². The number of aliphatic hydroxyl groups excluding tert-OH is 1. The third-order valence-electron chi connectivity index (χ3n) is 3.12. The molecule has 21 heavy (non-hydrogen) atoms. The molecule has 1 atom stereocenters. The van der Waals surface area contributed by atoms with Crippen LogP contribution < -0.4 is 14.2 Å². The summed E-state index contributed by atoms with van der Waals surface area (Å²) in [5, 5.41) is 9.31. The number of fused-ring (bicyclic) bond motifs is 1. The zero-order chi connectivity index (χ0) is 15.5. The molecule has 0 radical (unpaired) electrons. The summed E-state index contributed by atoms with van der Waals surface area (Å²) < 4.78 is 38.0. The van der Waals surface area contributed by atoms with Crippen LogP contribution in [-0.2, 0) is 10.0 Å². The summed E-state index contributed by atoms with van der Waals surface area (Å²) in [6, 6.07) is 4.00. The fourth-order valence-electron chi connectivity index (χ4n) is 2.21. The number of hydrogen-bond acceptors (Lipinski definition) is 5. The fraction of sp³-hybridized carbons (Fsp3) is 0.571. The van der Waals surface area contributed by atoms with Gasteiger partial charge in [0.1, 0.15) is 13.2 Å². The summed E-state index contributed by atoms with van der Waals surface area (Å²) in [6.07, 6.45) is 0.570. The minimum Gasteiger partial charge on any atom is -0.486 e. The van der Waals surface area contributed by atoms with Gasteiger partial charge in [0, 0.05) is 12.1 Å². The van der Waals surface area contributed by atoms with Crippen LogP contribution in [0.25, 0.3) is 0 Å². The Morgan fingerprint density at radius 2 is 1.90 bits per heavy atom. The minimum absolute atomic E-state index is 0.106. The van der Waals surface area contributed by atoms with Crippen LogP contribution in [0.15, 0.2) is 23.1 Å². The second kappa shape index (κ2) is 6.64. The predicted molar refractivity (Wildman–Crippen MR) is 78.1 cm³/mol. The number of benzene rings is 1. The lowest BCUT2D eigenvalue weighted by atomic mass is 10.1. The van der Waals surface area contributed by atoms with Gasteiger partial charge in [-0.2, -0.15) is 0 Å². The Morgan fingerprint density at radius 3 is 2.52 bits per heavy atom. The second-order valence-electron chi connectivity index (χ2n) is 5.44. The zero-order valence-electron chi connectivity index (χ0n) is 12.2. The average Bonchev–Trinajstić information content (AvgIpc) is 2.45. The second-order valence-corrected chi connectivity index (χ2v) is 7.15. The Labute approximate surface area is 125 Å². The molecule has 1 aliphatic rings. The molecular formula is C14H21NO5S. The maximum absolute atomic E-state index is 12.4. The lowest BCUT2D eigenvalue weighted by Crippen LogP contribution is -2.38. The molecule has 0 fully saturated rings. The summed E-state index contributed by atoms with van der Waals surface area (Å²) in [6.45, 7) is 4.57. The first kappa shape index (κ1) is 16.1.